The molecule has 0 unspecified atom stereocenters. The molecule has 0 saturated carbocycles. The molecule has 0 aliphatic carbocycles. The number of nitrogens with zero attached hydrogens (tertiary/aromatic N) is 3. The van der Waals surface area contributed by atoms with Crippen molar-refractivity contribution >= 4 is 23.4 Å². The molecule has 29 heavy (non-hydrogen) atoms. The topological polar surface area (TPSA) is 43.9 Å². The summed E-state index contributed by atoms with van der Waals surface area (Å²) in [5, 5.41) is 9.54. The Morgan fingerprint density at radius 1 is 1.00 bits per heavy atom. The minimum absolute atomic E-state index is 0.299. The van der Waals surface area contributed by atoms with Crippen molar-refractivity contribution in [2.75, 3.05) is 0 Å². The van der Waals surface area contributed by atoms with E-state index < -0.39 is 11.7 Å². The average Bonchev–Trinajstić information content (AvgIpc) is 3.36. The number of hydrogen-bond acceptors (Lipinski definition) is 4. The molecule has 4 rings (SSSR count). The van der Waals surface area contributed by atoms with Gasteiger partial charge in [-0.15, -0.1) is 10.2 Å². The Hall–Kier alpha value is -2.71. The maximum absolute atomic E-state index is 13.0. The second kappa shape index (κ2) is 7.96. The Morgan fingerprint density at radius 2 is 1.79 bits per heavy atom. The monoisotopic (exact) mass is 435 g/mol. The molecule has 0 aliphatic rings. The minimum atomic E-state index is -4.38. The van der Waals surface area contributed by atoms with E-state index in [1.165, 1.54) is 24.1 Å². The highest BCUT2D eigenvalue weighted by Crippen LogP contribution is 2.33. The van der Waals surface area contributed by atoms with E-state index in [0.29, 0.717) is 33.1 Å². The van der Waals surface area contributed by atoms with E-state index in [1.54, 1.807) is 34.9 Å². The zero-order chi connectivity index (χ0) is 20.4. The van der Waals surface area contributed by atoms with Crippen molar-refractivity contribution in [2.45, 2.75) is 17.1 Å². The second-order valence-corrected chi connectivity index (χ2v) is 7.46. The van der Waals surface area contributed by atoms with E-state index in [9.17, 15) is 13.2 Å². The van der Waals surface area contributed by atoms with Gasteiger partial charge in [-0.2, -0.15) is 13.2 Å². The number of alkyl halides is 3. The molecule has 4 aromatic rings. The normalized spacial score (nSPS) is 11.7. The highest BCUT2D eigenvalue weighted by atomic mass is 35.5. The summed E-state index contributed by atoms with van der Waals surface area (Å²) in [5.74, 6) is 1.32. The van der Waals surface area contributed by atoms with Gasteiger partial charge in [0.15, 0.2) is 10.9 Å². The third-order valence-corrected chi connectivity index (χ3v) is 5.33. The molecule has 0 amide bonds. The molecule has 2 heterocycles. The standard InChI is InChI=1S/C20H13ClF3N3OS/c21-15-6-8-16(9-7-15)27-18(17-5-2-10-28-17)25-26-19(27)29-12-13-3-1-4-14(11-13)20(22,23)24/h1-11H,12H2. The summed E-state index contributed by atoms with van der Waals surface area (Å²) in [6, 6.07) is 15.9. The fourth-order valence-electron chi connectivity index (χ4n) is 2.74. The van der Waals surface area contributed by atoms with Crippen LogP contribution in [-0.4, -0.2) is 14.8 Å². The summed E-state index contributed by atoms with van der Waals surface area (Å²) in [6.45, 7) is 0. The molecule has 2 aromatic carbocycles. The summed E-state index contributed by atoms with van der Waals surface area (Å²) in [5.41, 5.74) is 0.624. The predicted octanol–water partition coefficient (Wildman–Crippen LogP) is 6.49. The Kier molecular flexibility index (Phi) is 5.38. The fraction of sp³-hybridized carbons (Fsp3) is 0.100. The first-order chi connectivity index (χ1) is 13.9. The smallest absolute Gasteiger partial charge is 0.416 e. The van der Waals surface area contributed by atoms with Crippen LogP contribution in [0.2, 0.25) is 5.02 Å². The van der Waals surface area contributed by atoms with Gasteiger partial charge in [0, 0.05) is 16.5 Å². The zero-order valence-corrected chi connectivity index (χ0v) is 16.3. The molecule has 0 aliphatic heterocycles. The van der Waals surface area contributed by atoms with Crippen molar-refractivity contribution in [1.82, 2.24) is 14.8 Å². The Bertz CT molecular complexity index is 1110. The average molecular weight is 436 g/mol. The highest BCUT2D eigenvalue weighted by molar-refractivity contribution is 7.98. The number of aromatic nitrogens is 3. The molecule has 0 N–H and O–H groups in total. The maximum Gasteiger partial charge on any atom is 0.416 e. The van der Waals surface area contributed by atoms with Crippen LogP contribution >= 0.6 is 23.4 Å². The summed E-state index contributed by atoms with van der Waals surface area (Å²) in [7, 11) is 0. The van der Waals surface area contributed by atoms with E-state index >= 15 is 0 Å². The molecule has 0 fully saturated rings. The molecule has 2 aromatic heterocycles. The van der Waals surface area contributed by atoms with E-state index in [4.69, 9.17) is 16.0 Å². The second-order valence-electron chi connectivity index (χ2n) is 6.08. The van der Waals surface area contributed by atoms with Gasteiger partial charge >= 0.3 is 6.18 Å². The molecular weight excluding hydrogens is 423 g/mol. The first kappa shape index (κ1) is 19.6. The van der Waals surface area contributed by atoms with Gasteiger partial charge in [-0.05, 0) is 48.0 Å². The molecule has 0 atom stereocenters. The summed E-state index contributed by atoms with van der Waals surface area (Å²) < 4.78 is 46.1. The number of halogens is 4. The lowest BCUT2D eigenvalue weighted by Crippen LogP contribution is -2.05. The molecular formula is C20H13ClF3N3OS. The van der Waals surface area contributed by atoms with Crippen LogP contribution in [0.5, 0.6) is 0 Å². The van der Waals surface area contributed by atoms with Crippen molar-refractivity contribution in [3.8, 4) is 17.3 Å². The van der Waals surface area contributed by atoms with Gasteiger partial charge in [0.2, 0.25) is 5.82 Å². The minimum Gasteiger partial charge on any atom is -0.461 e. The lowest BCUT2D eigenvalue weighted by molar-refractivity contribution is -0.137. The van der Waals surface area contributed by atoms with Crippen molar-refractivity contribution in [3.05, 3.63) is 83.1 Å². The SMILES string of the molecule is FC(F)(F)c1cccc(CSc2nnc(-c3ccco3)n2-c2ccc(Cl)cc2)c1. The number of furan rings is 1. The number of rotatable bonds is 5. The largest absolute Gasteiger partial charge is 0.461 e. The highest BCUT2D eigenvalue weighted by Gasteiger charge is 2.30. The van der Waals surface area contributed by atoms with E-state index in [1.807, 2.05) is 12.1 Å². The van der Waals surface area contributed by atoms with Crippen molar-refractivity contribution in [3.63, 3.8) is 0 Å². The van der Waals surface area contributed by atoms with Gasteiger partial charge in [0.1, 0.15) is 0 Å². The molecule has 4 nitrogen and oxygen atoms in total. The van der Waals surface area contributed by atoms with Gasteiger partial charge in [-0.3, -0.25) is 4.57 Å². The van der Waals surface area contributed by atoms with Crippen LogP contribution in [0.3, 0.4) is 0 Å². The van der Waals surface area contributed by atoms with Gasteiger partial charge in [-0.1, -0.05) is 41.6 Å². The van der Waals surface area contributed by atoms with Crippen LogP contribution < -0.4 is 0 Å². The lowest BCUT2D eigenvalue weighted by Gasteiger charge is -2.10. The van der Waals surface area contributed by atoms with Crippen LogP contribution in [0.15, 0.2) is 76.5 Å². The number of thioether (sulfide) groups is 1. The van der Waals surface area contributed by atoms with Gasteiger partial charge in [0.05, 0.1) is 11.8 Å². The third-order valence-electron chi connectivity index (χ3n) is 4.08. The first-order valence-corrected chi connectivity index (χ1v) is 9.82. The van der Waals surface area contributed by atoms with Crippen LogP contribution in [-0.2, 0) is 11.9 Å². The molecule has 148 valence electrons. The molecule has 0 saturated heterocycles. The first-order valence-electron chi connectivity index (χ1n) is 8.46. The molecule has 0 bridgehead atoms. The maximum atomic E-state index is 13.0. The Labute approximate surface area is 173 Å². The Morgan fingerprint density at radius 3 is 2.48 bits per heavy atom. The van der Waals surface area contributed by atoms with Crippen molar-refractivity contribution in [1.29, 1.82) is 0 Å². The van der Waals surface area contributed by atoms with Gasteiger partial charge in [0.25, 0.3) is 0 Å². The van der Waals surface area contributed by atoms with Crippen LogP contribution in [0.4, 0.5) is 13.2 Å². The Balaban J connectivity index is 1.67. The van der Waals surface area contributed by atoms with Crippen molar-refractivity contribution in [2.24, 2.45) is 0 Å². The predicted molar refractivity (Wildman–Crippen MR) is 105 cm³/mol. The van der Waals surface area contributed by atoms with Gasteiger partial charge in [-0.25, -0.2) is 0 Å². The number of benzene rings is 2. The number of hydrogen-bond donors (Lipinski definition) is 0. The third kappa shape index (κ3) is 4.33. The summed E-state index contributed by atoms with van der Waals surface area (Å²) in [4.78, 5) is 0. The van der Waals surface area contributed by atoms with E-state index in [2.05, 4.69) is 10.2 Å². The van der Waals surface area contributed by atoms with Gasteiger partial charge < -0.3 is 4.42 Å². The van der Waals surface area contributed by atoms with Crippen molar-refractivity contribution < 1.29 is 17.6 Å². The lowest BCUT2D eigenvalue weighted by atomic mass is 10.1. The zero-order valence-electron chi connectivity index (χ0n) is 14.7. The molecule has 9 heteroatoms. The summed E-state index contributed by atoms with van der Waals surface area (Å²) in [6.07, 6.45) is -2.85. The van der Waals surface area contributed by atoms with E-state index in [0.717, 1.165) is 17.8 Å². The van der Waals surface area contributed by atoms with Crippen LogP contribution in [0.25, 0.3) is 17.3 Å². The fourth-order valence-corrected chi connectivity index (χ4v) is 3.76. The molecule has 0 spiro atoms. The molecule has 0 radical (unpaired) electrons. The van der Waals surface area contributed by atoms with Crippen LogP contribution in [0.1, 0.15) is 11.1 Å². The summed E-state index contributed by atoms with van der Waals surface area (Å²) >= 11 is 7.27. The van der Waals surface area contributed by atoms with Crippen LogP contribution in [0, 0.1) is 0 Å². The van der Waals surface area contributed by atoms with E-state index in [-0.39, 0.29) is 0 Å². The quantitative estimate of drug-likeness (QED) is 0.336.